The van der Waals surface area contributed by atoms with Crippen molar-refractivity contribution in [2.75, 3.05) is 0 Å². The topological polar surface area (TPSA) is 30.7 Å². The van der Waals surface area contributed by atoms with Crippen molar-refractivity contribution in [1.82, 2.24) is 14.5 Å². The summed E-state index contributed by atoms with van der Waals surface area (Å²) < 4.78 is 2.53. The zero-order valence-electron chi connectivity index (χ0n) is 14.4. The summed E-state index contributed by atoms with van der Waals surface area (Å²) >= 11 is 0. The molecule has 1 saturated carbocycles. The van der Waals surface area contributed by atoms with Crippen molar-refractivity contribution >= 4 is 23.2 Å². The van der Waals surface area contributed by atoms with Crippen LogP contribution < -0.4 is 0 Å². The number of rotatable bonds is 3. The molecule has 3 nitrogen and oxygen atoms in total. The predicted octanol–water partition coefficient (Wildman–Crippen LogP) is 5.33. The average Bonchev–Trinajstić information content (AvgIpc) is 3.21. The second-order valence-electron chi connectivity index (χ2n) is 6.75. The molecule has 0 aliphatic heterocycles. The minimum Gasteiger partial charge on any atom is -0.346 e. The predicted molar refractivity (Wildman–Crippen MR) is 99.9 cm³/mol. The van der Waals surface area contributed by atoms with Crippen LogP contribution in [-0.4, -0.2) is 14.5 Å². The van der Waals surface area contributed by atoms with Gasteiger partial charge in [-0.25, -0.2) is 4.98 Å². The number of fused-ring (bicyclic) bond motifs is 1. The normalized spacial score (nSPS) is 15.8. The fraction of sp³-hybridized carbons (Fsp3) is 0.333. The Kier molecular flexibility index (Phi) is 3.93. The summed E-state index contributed by atoms with van der Waals surface area (Å²) in [5.41, 5.74) is 6.80. The largest absolute Gasteiger partial charge is 0.346 e. The van der Waals surface area contributed by atoms with Gasteiger partial charge in [0.15, 0.2) is 0 Å². The number of aromatic nitrogens is 3. The van der Waals surface area contributed by atoms with Crippen molar-refractivity contribution in [3.05, 3.63) is 59.2 Å². The zero-order valence-corrected chi connectivity index (χ0v) is 14.4. The van der Waals surface area contributed by atoms with E-state index in [4.69, 9.17) is 0 Å². The van der Waals surface area contributed by atoms with Crippen molar-refractivity contribution in [3.8, 4) is 0 Å². The van der Waals surface area contributed by atoms with E-state index in [0.717, 1.165) is 16.7 Å². The number of aryl methyl sites for hydroxylation is 1. The van der Waals surface area contributed by atoms with Crippen molar-refractivity contribution in [1.29, 1.82) is 0 Å². The van der Waals surface area contributed by atoms with E-state index in [2.05, 4.69) is 46.6 Å². The maximum Gasteiger partial charge on any atom is 0.0894 e. The Bertz CT molecular complexity index is 899. The SMILES string of the molecule is Cc1cc(C=Cc2cnc3ccccc3n2)c(C)n1C1CCCC1. The Morgan fingerprint density at radius 1 is 1.04 bits per heavy atom. The number of nitrogens with zero attached hydrogens (tertiary/aromatic N) is 3. The third-order valence-electron chi connectivity index (χ3n) is 5.11. The van der Waals surface area contributed by atoms with Crippen LogP contribution in [0.25, 0.3) is 23.2 Å². The standard InChI is InChI=1S/C21H23N3/c1-15-13-17(16(2)24(15)19-7-3-4-8-19)11-12-18-14-22-20-9-5-6-10-21(20)23-18/h5-6,9-14,19H,3-4,7-8H2,1-2H3. The molecular formula is C21H23N3. The summed E-state index contributed by atoms with van der Waals surface area (Å²) in [6.07, 6.45) is 11.4. The van der Waals surface area contributed by atoms with Gasteiger partial charge in [0.2, 0.25) is 0 Å². The van der Waals surface area contributed by atoms with E-state index in [1.807, 2.05) is 30.5 Å². The number of benzene rings is 1. The molecule has 0 saturated heterocycles. The molecule has 122 valence electrons. The Labute approximate surface area is 143 Å². The lowest BCUT2D eigenvalue weighted by molar-refractivity contribution is 0.500. The Morgan fingerprint density at radius 3 is 2.58 bits per heavy atom. The third kappa shape index (κ3) is 2.75. The van der Waals surface area contributed by atoms with Gasteiger partial charge < -0.3 is 4.57 Å². The fourth-order valence-electron chi connectivity index (χ4n) is 3.92. The van der Waals surface area contributed by atoms with Gasteiger partial charge in [-0.1, -0.05) is 31.1 Å². The third-order valence-corrected chi connectivity index (χ3v) is 5.11. The second kappa shape index (κ2) is 6.23. The summed E-state index contributed by atoms with van der Waals surface area (Å²) in [6.45, 7) is 4.45. The number of para-hydroxylation sites is 2. The minimum atomic E-state index is 0.688. The molecule has 2 aromatic heterocycles. The van der Waals surface area contributed by atoms with E-state index in [-0.39, 0.29) is 0 Å². The first-order chi connectivity index (χ1) is 11.7. The molecule has 1 aliphatic rings. The summed E-state index contributed by atoms with van der Waals surface area (Å²) in [5, 5.41) is 0. The molecule has 2 heterocycles. The lowest BCUT2D eigenvalue weighted by Gasteiger charge is -2.17. The lowest BCUT2D eigenvalue weighted by atomic mass is 10.2. The van der Waals surface area contributed by atoms with Crippen molar-refractivity contribution < 1.29 is 0 Å². The van der Waals surface area contributed by atoms with Crippen LogP contribution in [-0.2, 0) is 0 Å². The van der Waals surface area contributed by atoms with Gasteiger partial charge >= 0.3 is 0 Å². The molecule has 0 amide bonds. The van der Waals surface area contributed by atoms with Crippen LogP contribution in [0, 0.1) is 13.8 Å². The fourth-order valence-corrected chi connectivity index (χ4v) is 3.92. The van der Waals surface area contributed by atoms with E-state index >= 15 is 0 Å². The van der Waals surface area contributed by atoms with Gasteiger partial charge in [-0.15, -0.1) is 0 Å². The first kappa shape index (κ1) is 15.1. The maximum absolute atomic E-state index is 4.67. The summed E-state index contributed by atoms with van der Waals surface area (Å²) in [7, 11) is 0. The first-order valence-electron chi connectivity index (χ1n) is 8.80. The highest BCUT2D eigenvalue weighted by Gasteiger charge is 2.20. The van der Waals surface area contributed by atoms with E-state index in [1.54, 1.807) is 0 Å². The summed E-state index contributed by atoms with van der Waals surface area (Å²) in [6, 6.07) is 11.0. The Balaban J connectivity index is 1.64. The van der Waals surface area contributed by atoms with E-state index in [0.29, 0.717) is 6.04 Å². The average molecular weight is 317 g/mol. The molecule has 0 bridgehead atoms. The van der Waals surface area contributed by atoms with Gasteiger partial charge in [-0.3, -0.25) is 4.98 Å². The molecule has 3 heteroatoms. The molecule has 0 radical (unpaired) electrons. The van der Waals surface area contributed by atoms with Crippen LogP contribution in [0.15, 0.2) is 36.5 Å². The highest BCUT2D eigenvalue weighted by Crippen LogP contribution is 2.33. The van der Waals surface area contributed by atoms with E-state index < -0.39 is 0 Å². The number of hydrogen-bond donors (Lipinski definition) is 0. The van der Waals surface area contributed by atoms with Crippen LogP contribution in [0.5, 0.6) is 0 Å². The second-order valence-corrected chi connectivity index (χ2v) is 6.75. The van der Waals surface area contributed by atoms with E-state index in [9.17, 15) is 0 Å². The van der Waals surface area contributed by atoms with Gasteiger partial charge in [0.25, 0.3) is 0 Å². The summed E-state index contributed by atoms with van der Waals surface area (Å²) in [5.74, 6) is 0. The molecule has 0 atom stereocenters. The van der Waals surface area contributed by atoms with Crippen molar-refractivity contribution in [2.45, 2.75) is 45.6 Å². The van der Waals surface area contributed by atoms with Crippen molar-refractivity contribution in [3.63, 3.8) is 0 Å². The monoisotopic (exact) mass is 317 g/mol. The first-order valence-corrected chi connectivity index (χ1v) is 8.80. The Morgan fingerprint density at radius 2 is 1.79 bits per heavy atom. The Hall–Kier alpha value is -2.42. The van der Waals surface area contributed by atoms with Gasteiger partial charge in [-0.05, 0) is 56.5 Å². The zero-order chi connectivity index (χ0) is 16.5. The molecular weight excluding hydrogens is 294 g/mol. The molecule has 1 fully saturated rings. The van der Waals surface area contributed by atoms with Crippen LogP contribution in [0.4, 0.5) is 0 Å². The van der Waals surface area contributed by atoms with Crippen molar-refractivity contribution in [2.24, 2.45) is 0 Å². The molecule has 24 heavy (non-hydrogen) atoms. The molecule has 1 aromatic carbocycles. The van der Waals surface area contributed by atoms with Crippen LogP contribution in [0.2, 0.25) is 0 Å². The lowest BCUT2D eigenvalue weighted by Crippen LogP contribution is -2.08. The van der Waals surface area contributed by atoms with Gasteiger partial charge in [-0.2, -0.15) is 0 Å². The quantitative estimate of drug-likeness (QED) is 0.653. The summed E-state index contributed by atoms with van der Waals surface area (Å²) in [4.78, 5) is 9.15. The molecule has 1 aliphatic carbocycles. The van der Waals surface area contributed by atoms with Gasteiger partial charge in [0.05, 0.1) is 22.9 Å². The highest BCUT2D eigenvalue weighted by molar-refractivity contribution is 5.77. The van der Waals surface area contributed by atoms with Crippen LogP contribution >= 0.6 is 0 Å². The maximum atomic E-state index is 4.67. The smallest absolute Gasteiger partial charge is 0.0894 e. The minimum absolute atomic E-state index is 0.688. The molecule has 0 spiro atoms. The number of hydrogen-bond acceptors (Lipinski definition) is 2. The highest BCUT2D eigenvalue weighted by atomic mass is 15.0. The van der Waals surface area contributed by atoms with E-state index in [1.165, 1.54) is 42.6 Å². The van der Waals surface area contributed by atoms with Crippen LogP contribution in [0.1, 0.15) is 54.4 Å². The van der Waals surface area contributed by atoms with Gasteiger partial charge in [0, 0.05) is 17.4 Å². The molecule has 3 aromatic rings. The van der Waals surface area contributed by atoms with Gasteiger partial charge in [0.1, 0.15) is 0 Å². The molecule has 0 N–H and O–H groups in total. The molecule has 4 rings (SSSR count). The molecule has 0 unspecified atom stereocenters. The van der Waals surface area contributed by atoms with Crippen LogP contribution in [0.3, 0.4) is 0 Å².